The van der Waals surface area contributed by atoms with Gasteiger partial charge in [0, 0.05) is 19.4 Å². The SMILES string of the molecule is O=C(NCC(=O)N1CCC[C@H]1C(=O)ON1C(=O)CCC1=O)OCc1ccccc1. The second-order valence-corrected chi connectivity index (χ2v) is 6.65. The number of carbonyl (C=O) groups excluding carboxylic acids is 5. The minimum absolute atomic E-state index is 0.00552. The van der Waals surface area contributed by atoms with Crippen LogP contribution in [0.2, 0.25) is 0 Å². The maximum absolute atomic E-state index is 12.4. The molecule has 4 amide bonds. The van der Waals surface area contributed by atoms with Gasteiger partial charge in [0.2, 0.25) is 5.91 Å². The number of carbonyl (C=O) groups is 5. The summed E-state index contributed by atoms with van der Waals surface area (Å²) in [6.45, 7) is 0.0254. The van der Waals surface area contributed by atoms with Gasteiger partial charge in [0.25, 0.3) is 11.8 Å². The second-order valence-electron chi connectivity index (χ2n) is 6.65. The molecule has 0 unspecified atom stereocenters. The van der Waals surface area contributed by atoms with Gasteiger partial charge < -0.3 is 19.8 Å². The van der Waals surface area contributed by atoms with Crippen molar-refractivity contribution in [3.05, 3.63) is 35.9 Å². The minimum Gasteiger partial charge on any atom is -0.445 e. The number of amides is 4. The molecule has 1 atom stereocenters. The molecule has 2 aliphatic rings. The van der Waals surface area contributed by atoms with Crippen molar-refractivity contribution in [1.82, 2.24) is 15.3 Å². The highest BCUT2D eigenvalue weighted by Crippen LogP contribution is 2.21. The first-order chi connectivity index (χ1) is 14.0. The number of ether oxygens (including phenoxy) is 1. The summed E-state index contributed by atoms with van der Waals surface area (Å²) in [4.78, 5) is 65.8. The Kier molecular flexibility index (Phi) is 6.43. The maximum atomic E-state index is 12.4. The van der Waals surface area contributed by atoms with Crippen LogP contribution in [0.1, 0.15) is 31.2 Å². The van der Waals surface area contributed by atoms with Gasteiger partial charge in [-0.2, -0.15) is 0 Å². The van der Waals surface area contributed by atoms with Gasteiger partial charge in [-0.25, -0.2) is 9.59 Å². The summed E-state index contributed by atoms with van der Waals surface area (Å²) in [5.41, 5.74) is 0.808. The summed E-state index contributed by atoms with van der Waals surface area (Å²) < 4.78 is 5.03. The number of likely N-dealkylation sites (tertiary alicyclic amines) is 1. The zero-order valence-electron chi connectivity index (χ0n) is 15.7. The van der Waals surface area contributed by atoms with E-state index in [0.29, 0.717) is 24.4 Å². The molecule has 0 aromatic heterocycles. The lowest BCUT2D eigenvalue weighted by molar-refractivity contribution is -0.200. The average Bonchev–Trinajstić information content (AvgIpc) is 3.34. The predicted octanol–water partition coefficient (Wildman–Crippen LogP) is 0.511. The Morgan fingerprint density at radius 1 is 1.07 bits per heavy atom. The number of hydrogen-bond acceptors (Lipinski definition) is 7. The van der Waals surface area contributed by atoms with E-state index in [1.165, 1.54) is 4.90 Å². The lowest BCUT2D eigenvalue weighted by Crippen LogP contribution is -2.47. The minimum atomic E-state index is -0.911. The zero-order valence-corrected chi connectivity index (χ0v) is 15.7. The highest BCUT2D eigenvalue weighted by atomic mass is 16.7. The van der Waals surface area contributed by atoms with E-state index in [-0.39, 0.29) is 26.0 Å². The number of hydroxylamine groups is 2. The fraction of sp³-hybridized carbons (Fsp3) is 0.421. The van der Waals surface area contributed by atoms with E-state index in [0.717, 1.165) is 5.56 Å². The van der Waals surface area contributed by atoms with Crippen LogP contribution >= 0.6 is 0 Å². The number of imide groups is 1. The number of hydrogen-bond donors (Lipinski definition) is 1. The number of benzene rings is 1. The molecule has 3 rings (SSSR count). The van der Waals surface area contributed by atoms with E-state index in [1.807, 2.05) is 18.2 Å². The van der Waals surface area contributed by atoms with E-state index in [9.17, 15) is 24.0 Å². The van der Waals surface area contributed by atoms with Gasteiger partial charge in [-0.1, -0.05) is 30.3 Å². The van der Waals surface area contributed by atoms with Crippen molar-refractivity contribution in [3.63, 3.8) is 0 Å². The third-order valence-electron chi connectivity index (χ3n) is 4.63. The number of alkyl carbamates (subject to hydrolysis) is 1. The fourth-order valence-corrected chi connectivity index (χ4v) is 3.14. The van der Waals surface area contributed by atoms with Crippen LogP contribution in [-0.4, -0.2) is 58.9 Å². The van der Waals surface area contributed by atoms with Gasteiger partial charge >= 0.3 is 12.1 Å². The fourth-order valence-electron chi connectivity index (χ4n) is 3.14. The van der Waals surface area contributed by atoms with E-state index >= 15 is 0 Å². The second kappa shape index (κ2) is 9.18. The van der Waals surface area contributed by atoms with Crippen molar-refractivity contribution < 1.29 is 33.5 Å². The smallest absolute Gasteiger partial charge is 0.407 e. The summed E-state index contributed by atoms with van der Waals surface area (Å²) >= 11 is 0. The highest BCUT2D eigenvalue weighted by molar-refractivity contribution is 6.02. The summed E-state index contributed by atoms with van der Waals surface area (Å²) in [5.74, 6) is -2.49. The summed E-state index contributed by atoms with van der Waals surface area (Å²) in [5, 5.41) is 2.81. The Hall–Kier alpha value is -3.43. The molecule has 10 nitrogen and oxygen atoms in total. The first kappa shape index (κ1) is 20.3. The average molecular weight is 403 g/mol. The summed E-state index contributed by atoms with van der Waals surface area (Å²) in [6, 6.07) is 8.16. The van der Waals surface area contributed by atoms with Crippen LogP contribution in [0, 0.1) is 0 Å². The normalized spacial score (nSPS) is 18.7. The van der Waals surface area contributed by atoms with E-state index in [1.54, 1.807) is 12.1 Å². The Balaban J connectivity index is 1.46. The lowest BCUT2D eigenvalue weighted by Gasteiger charge is -2.24. The van der Waals surface area contributed by atoms with Crippen LogP contribution in [0.4, 0.5) is 4.79 Å². The van der Waals surface area contributed by atoms with Crippen LogP contribution in [0.15, 0.2) is 30.3 Å². The molecule has 2 aliphatic heterocycles. The predicted molar refractivity (Wildman–Crippen MR) is 96.5 cm³/mol. The number of rotatable bonds is 6. The standard InChI is InChI=1S/C19H21N3O7/c23-15-8-9-16(24)22(15)29-18(26)14-7-4-10-21(14)17(25)11-20-19(27)28-12-13-5-2-1-3-6-13/h1-3,5-6,14H,4,7-12H2,(H,20,27)/t14-/m0/s1. The van der Waals surface area contributed by atoms with E-state index in [2.05, 4.69) is 5.32 Å². The first-order valence-electron chi connectivity index (χ1n) is 9.27. The number of nitrogens with one attached hydrogen (secondary N) is 1. The molecule has 0 saturated carbocycles. The van der Waals surface area contributed by atoms with Crippen LogP contribution in [0.5, 0.6) is 0 Å². The van der Waals surface area contributed by atoms with Crippen molar-refractivity contribution in [2.24, 2.45) is 0 Å². The molecule has 0 radical (unpaired) electrons. The van der Waals surface area contributed by atoms with E-state index in [4.69, 9.17) is 9.57 Å². The topological polar surface area (TPSA) is 122 Å². The van der Waals surface area contributed by atoms with Crippen molar-refractivity contribution in [2.75, 3.05) is 13.1 Å². The lowest BCUT2D eigenvalue weighted by atomic mass is 10.2. The molecular weight excluding hydrogens is 382 g/mol. The molecule has 0 spiro atoms. The van der Waals surface area contributed by atoms with Crippen LogP contribution < -0.4 is 5.32 Å². The summed E-state index contributed by atoms with van der Waals surface area (Å²) in [7, 11) is 0. The molecule has 29 heavy (non-hydrogen) atoms. The molecule has 2 saturated heterocycles. The Morgan fingerprint density at radius 2 is 1.76 bits per heavy atom. The first-order valence-corrected chi connectivity index (χ1v) is 9.27. The molecule has 1 aromatic rings. The van der Waals surface area contributed by atoms with Crippen LogP contribution in [0.3, 0.4) is 0 Å². The summed E-state index contributed by atoms with van der Waals surface area (Å²) in [6.07, 6.45) is 0.141. The molecule has 0 bridgehead atoms. The van der Waals surface area contributed by atoms with Gasteiger partial charge in [0.1, 0.15) is 19.2 Å². The van der Waals surface area contributed by atoms with Crippen molar-refractivity contribution in [2.45, 2.75) is 38.3 Å². The van der Waals surface area contributed by atoms with Crippen molar-refractivity contribution in [1.29, 1.82) is 0 Å². The third-order valence-corrected chi connectivity index (χ3v) is 4.63. The molecular formula is C19H21N3O7. The van der Waals surface area contributed by atoms with Crippen LogP contribution in [-0.2, 0) is 35.4 Å². The van der Waals surface area contributed by atoms with Gasteiger partial charge in [0.15, 0.2) is 0 Å². The Morgan fingerprint density at radius 3 is 2.45 bits per heavy atom. The Labute approximate surface area is 166 Å². The van der Waals surface area contributed by atoms with Gasteiger partial charge in [-0.15, -0.1) is 5.06 Å². The molecule has 2 heterocycles. The monoisotopic (exact) mass is 403 g/mol. The largest absolute Gasteiger partial charge is 0.445 e. The van der Waals surface area contributed by atoms with Gasteiger partial charge in [0.05, 0.1) is 0 Å². The maximum Gasteiger partial charge on any atom is 0.407 e. The molecule has 0 aliphatic carbocycles. The molecule has 2 fully saturated rings. The molecule has 10 heteroatoms. The van der Waals surface area contributed by atoms with E-state index < -0.39 is 35.8 Å². The van der Waals surface area contributed by atoms with Gasteiger partial charge in [-0.3, -0.25) is 14.4 Å². The zero-order chi connectivity index (χ0) is 20.8. The van der Waals surface area contributed by atoms with Gasteiger partial charge in [-0.05, 0) is 18.4 Å². The number of nitrogens with zero attached hydrogens (tertiary/aromatic N) is 2. The molecule has 1 N–H and O–H groups in total. The van der Waals surface area contributed by atoms with Crippen molar-refractivity contribution >= 4 is 29.8 Å². The van der Waals surface area contributed by atoms with Crippen molar-refractivity contribution in [3.8, 4) is 0 Å². The third kappa shape index (κ3) is 5.09. The van der Waals surface area contributed by atoms with Crippen LogP contribution in [0.25, 0.3) is 0 Å². The highest BCUT2D eigenvalue weighted by Gasteiger charge is 2.39. The molecule has 154 valence electrons. The Bertz CT molecular complexity index is 795. The molecule has 1 aromatic carbocycles. The quantitative estimate of drug-likeness (QED) is 0.687.